The molecule has 3 nitrogen and oxygen atoms in total. The van der Waals surface area contributed by atoms with E-state index in [0.29, 0.717) is 6.61 Å². The first-order chi connectivity index (χ1) is 8.28. The second-order valence-corrected chi connectivity index (χ2v) is 4.88. The van der Waals surface area contributed by atoms with Crippen molar-refractivity contribution >= 4 is 16.5 Å². The van der Waals surface area contributed by atoms with Crippen LogP contribution in [0.3, 0.4) is 0 Å². The van der Waals surface area contributed by atoms with Gasteiger partial charge in [0.05, 0.1) is 4.88 Å². The SMILES string of the molecule is CCNc1ncc(COc2ccc(C)cc2)s1. The highest BCUT2D eigenvalue weighted by molar-refractivity contribution is 7.15. The average Bonchev–Trinajstić information content (AvgIpc) is 2.77. The maximum Gasteiger partial charge on any atom is 0.182 e. The van der Waals surface area contributed by atoms with Crippen molar-refractivity contribution in [2.24, 2.45) is 0 Å². The van der Waals surface area contributed by atoms with Crippen LogP contribution >= 0.6 is 11.3 Å². The predicted octanol–water partition coefficient (Wildman–Crippen LogP) is 3.46. The molecule has 0 aliphatic heterocycles. The number of ether oxygens (including phenoxy) is 1. The Kier molecular flexibility index (Phi) is 3.98. The number of rotatable bonds is 5. The Bertz CT molecular complexity index is 465. The molecule has 0 radical (unpaired) electrons. The molecule has 0 unspecified atom stereocenters. The molecule has 0 bridgehead atoms. The van der Waals surface area contributed by atoms with Crippen LogP contribution in [-0.4, -0.2) is 11.5 Å². The highest BCUT2D eigenvalue weighted by Gasteiger charge is 2.01. The van der Waals surface area contributed by atoms with E-state index in [1.54, 1.807) is 11.3 Å². The average molecular weight is 248 g/mol. The van der Waals surface area contributed by atoms with Crippen LogP contribution in [0, 0.1) is 6.92 Å². The van der Waals surface area contributed by atoms with E-state index in [1.807, 2.05) is 30.5 Å². The summed E-state index contributed by atoms with van der Waals surface area (Å²) in [7, 11) is 0. The summed E-state index contributed by atoms with van der Waals surface area (Å²) in [6, 6.07) is 8.07. The van der Waals surface area contributed by atoms with Gasteiger partial charge in [0.1, 0.15) is 12.4 Å². The summed E-state index contributed by atoms with van der Waals surface area (Å²) < 4.78 is 5.68. The molecule has 1 heterocycles. The van der Waals surface area contributed by atoms with Gasteiger partial charge >= 0.3 is 0 Å². The van der Waals surface area contributed by atoms with E-state index in [0.717, 1.165) is 22.3 Å². The summed E-state index contributed by atoms with van der Waals surface area (Å²) >= 11 is 1.63. The Morgan fingerprint density at radius 3 is 2.76 bits per heavy atom. The smallest absolute Gasteiger partial charge is 0.182 e. The third-order valence-electron chi connectivity index (χ3n) is 2.28. The first kappa shape index (κ1) is 11.9. The molecular weight excluding hydrogens is 232 g/mol. The fourth-order valence-corrected chi connectivity index (χ4v) is 2.19. The molecule has 1 aromatic heterocycles. The normalized spacial score (nSPS) is 10.2. The van der Waals surface area contributed by atoms with Gasteiger partial charge in [0.15, 0.2) is 5.13 Å². The highest BCUT2D eigenvalue weighted by Crippen LogP contribution is 2.20. The fraction of sp³-hybridized carbons (Fsp3) is 0.308. The predicted molar refractivity (Wildman–Crippen MR) is 71.8 cm³/mol. The Balaban J connectivity index is 1.90. The minimum Gasteiger partial charge on any atom is -0.488 e. The van der Waals surface area contributed by atoms with Gasteiger partial charge in [-0.15, -0.1) is 0 Å². The molecule has 4 heteroatoms. The van der Waals surface area contributed by atoms with Gasteiger partial charge in [-0.3, -0.25) is 0 Å². The van der Waals surface area contributed by atoms with Gasteiger partial charge in [0, 0.05) is 12.7 Å². The number of hydrogen-bond acceptors (Lipinski definition) is 4. The standard InChI is InChI=1S/C13H16N2OS/c1-3-14-13-15-8-12(17-13)9-16-11-6-4-10(2)5-7-11/h4-8H,3,9H2,1-2H3,(H,14,15). The van der Waals surface area contributed by atoms with Crippen LogP contribution in [0.15, 0.2) is 30.5 Å². The summed E-state index contributed by atoms with van der Waals surface area (Å²) in [5.74, 6) is 0.897. The number of hydrogen-bond donors (Lipinski definition) is 1. The number of thiazole rings is 1. The van der Waals surface area contributed by atoms with Gasteiger partial charge in [-0.25, -0.2) is 4.98 Å². The first-order valence-electron chi connectivity index (χ1n) is 5.66. The van der Waals surface area contributed by atoms with Crippen LogP contribution in [0.4, 0.5) is 5.13 Å². The summed E-state index contributed by atoms with van der Waals surface area (Å²) in [5.41, 5.74) is 1.24. The van der Waals surface area contributed by atoms with Crippen molar-refractivity contribution in [2.45, 2.75) is 20.5 Å². The van der Waals surface area contributed by atoms with Crippen molar-refractivity contribution in [3.63, 3.8) is 0 Å². The number of anilines is 1. The van der Waals surface area contributed by atoms with Gasteiger partial charge in [-0.2, -0.15) is 0 Å². The quantitative estimate of drug-likeness (QED) is 0.879. The topological polar surface area (TPSA) is 34.2 Å². The van der Waals surface area contributed by atoms with Crippen molar-refractivity contribution in [3.05, 3.63) is 40.9 Å². The van der Waals surface area contributed by atoms with Crippen LogP contribution in [0.25, 0.3) is 0 Å². The molecule has 0 aliphatic carbocycles. The molecule has 2 rings (SSSR count). The lowest BCUT2D eigenvalue weighted by Gasteiger charge is -2.04. The van der Waals surface area contributed by atoms with Crippen LogP contribution in [0.5, 0.6) is 5.75 Å². The van der Waals surface area contributed by atoms with Crippen molar-refractivity contribution in [2.75, 3.05) is 11.9 Å². The first-order valence-corrected chi connectivity index (χ1v) is 6.47. The van der Waals surface area contributed by atoms with Gasteiger partial charge in [0.25, 0.3) is 0 Å². The van der Waals surface area contributed by atoms with Gasteiger partial charge in [-0.05, 0) is 26.0 Å². The molecule has 1 N–H and O–H groups in total. The Labute approximate surface area is 105 Å². The van der Waals surface area contributed by atoms with Crippen LogP contribution in [0.1, 0.15) is 17.4 Å². The lowest BCUT2D eigenvalue weighted by molar-refractivity contribution is 0.309. The lowest BCUT2D eigenvalue weighted by Crippen LogP contribution is -1.94. The number of nitrogens with one attached hydrogen (secondary N) is 1. The minimum atomic E-state index is 0.576. The molecule has 0 fully saturated rings. The van der Waals surface area contributed by atoms with Crippen LogP contribution < -0.4 is 10.1 Å². The van der Waals surface area contributed by atoms with E-state index in [1.165, 1.54) is 5.56 Å². The molecule has 1 aromatic carbocycles. The number of benzene rings is 1. The zero-order chi connectivity index (χ0) is 12.1. The van der Waals surface area contributed by atoms with Crippen molar-refractivity contribution < 1.29 is 4.74 Å². The number of nitrogens with zero attached hydrogens (tertiary/aromatic N) is 1. The maximum atomic E-state index is 5.68. The summed E-state index contributed by atoms with van der Waals surface area (Å²) in [6.07, 6.45) is 1.86. The summed E-state index contributed by atoms with van der Waals surface area (Å²) in [4.78, 5) is 5.39. The van der Waals surface area contributed by atoms with E-state index in [2.05, 4.69) is 24.1 Å². The number of aryl methyl sites for hydroxylation is 1. The highest BCUT2D eigenvalue weighted by atomic mass is 32.1. The Morgan fingerprint density at radius 2 is 2.06 bits per heavy atom. The third-order valence-corrected chi connectivity index (χ3v) is 3.21. The Morgan fingerprint density at radius 1 is 1.29 bits per heavy atom. The van der Waals surface area contributed by atoms with E-state index >= 15 is 0 Å². The summed E-state index contributed by atoms with van der Waals surface area (Å²) in [5, 5.41) is 4.14. The fourth-order valence-electron chi connectivity index (χ4n) is 1.40. The van der Waals surface area contributed by atoms with Crippen LogP contribution in [-0.2, 0) is 6.61 Å². The molecule has 17 heavy (non-hydrogen) atoms. The zero-order valence-electron chi connectivity index (χ0n) is 10.1. The molecule has 2 aromatic rings. The molecule has 0 amide bonds. The van der Waals surface area contributed by atoms with E-state index in [-0.39, 0.29) is 0 Å². The second-order valence-electron chi connectivity index (χ2n) is 3.76. The summed E-state index contributed by atoms with van der Waals surface area (Å²) in [6.45, 7) is 5.59. The second kappa shape index (κ2) is 5.68. The minimum absolute atomic E-state index is 0.576. The Hall–Kier alpha value is -1.55. The molecule has 90 valence electrons. The van der Waals surface area contributed by atoms with E-state index in [4.69, 9.17) is 4.74 Å². The zero-order valence-corrected chi connectivity index (χ0v) is 10.9. The largest absolute Gasteiger partial charge is 0.488 e. The maximum absolute atomic E-state index is 5.68. The third kappa shape index (κ3) is 3.46. The van der Waals surface area contributed by atoms with E-state index in [9.17, 15) is 0 Å². The van der Waals surface area contributed by atoms with Gasteiger partial charge in [0.2, 0.25) is 0 Å². The molecule has 0 aliphatic rings. The monoisotopic (exact) mass is 248 g/mol. The van der Waals surface area contributed by atoms with Crippen molar-refractivity contribution in [3.8, 4) is 5.75 Å². The molecule has 0 spiro atoms. The lowest BCUT2D eigenvalue weighted by atomic mass is 10.2. The molecular formula is C13H16N2OS. The molecule has 0 saturated heterocycles. The van der Waals surface area contributed by atoms with Crippen LogP contribution in [0.2, 0.25) is 0 Å². The van der Waals surface area contributed by atoms with Crippen molar-refractivity contribution in [1.29, 1.82) is 0 Å². The van der Waals surface area contributed by atoms with E-state index < -0.39 is 0 Å². The molecule has 0 atom stereocenters. The van der Waals surface area contributed by atoms with Gasteiger partial charge in [-0.1, -0.05) is 29.0 Å². The molecule has 0 saturated carbocycles. The van der Waals surface area contributed by atoms with Gasteiger partial charge < -0.3 is 10.1 Å². The van der Waals surface area contributed by atoms with Crippen molar-refractivity contribution in [1.82, 2.24) is 4.98 Å². The number of aromatic nitrogens is 1.